The molecule has 0 aliphatic carbocycles. The van der Waals surface area contributed by atoms with Crippen LogP contribution in [-0.4, -0.2) is 29.6 Å². The van der Waals surface area contributed by atoms with Crippen LogP contribution in [0.4, 0.5) is 0 Å². The van der Waals surface area contributed by atoms with Gasteiger partial charge in [-0.1, -0.05) is 30.3 Å². The lowest BCUT2D eigenvalue weighted by atomic mass is 10.0. The Labute approximate surface area is 134 Å². The molecule has 1 unspecified atom stereocenters. The second-order valence-electron chi connectivity index (χ2n) is 5.02. The summed E-state index contributed by atoms with van der Waals surface area (Å²) in [7, 11) is 0. The van der Waals surface area contributed by atoms with Gasteiger partial charge in [0.05, 0.1) is 6.61 Å². The van der Waals surface area contributed by atoms with Gasteiger partial charge < -0.3 is 15.2 Å². The van der Waals surface area contributed by atoms with Gasteiger partial charge in [-0.25, -0.2) is 4.79 Å². The number of phenolic OH excluding ortho intramolecular Hbond substituents is 1. The molecular weight excluding hydrogens is 294 g/mol. The minimum Gasteiger partial charge on any atom is -0.508 e. The fourth-order valence-electron chi connectivity index (χ4n) is 2.19. The van der Waals surface area contributed by atoms with Crippen molar-refractivity contribution >= 4 is 11.9 Å². The van der Waals surface area contributed by atoms with Crippen LogP contribution in [0.1, 0.15) is 22.8 Å². The Bertz CT molecular complexity index is 670. The largest absolute Gasteiger partial charge is 0.508 e. The number of nitrogens with one attached hydrogen (secondary N) is 1. The number of hydrogen-bond donors (Lipinski definition) is 2. The molecule has 1 atom stereocenters. The van der Waals surface area contributed by atoms with Crippen LogP contribution in [0.25, 0.3) is 0 Å². The third-order valence-corrected chi connectivity index (χ3v) is 3.26. The smallest absolute Gasteiger partial charge is 0.328 e. The summed E-state index contributed by atoms with van der Waals surface area (Å²) in [4.78, 5) is 24.4. The first-order valence-electron chi connectivity index (χ1n) is 7.40. The summed E-state index contributed by atoms with van der Waals surface area (Å²) in [5.41, 5.74) is 1.20. The van der Waals surface area contributed by atoms with Crippen molar-refractivity contribution in [3.8, 4) is 5.75 Å². The van der Waals surface area contributed by atoms with Crippen molar-refractivity contribution in [2.75, 3.05) is 6.61 Å². The lowest BCUT2D eigenvalue weighted by molar-refractivity contribution is -0.145. The Morgan fingerprint density at radius 2 is 1.87 bits per heavy atom. The zero-order chi connectivity index (χ0) is 16.7. The third kappa shape index (κ3) is 4.85. The Kier molecular flexibility index (Phi) is 5.74. The number of benzene rings is 2. The van der Waals surface area contributed by atoms with Crippen molar-refractivity contribution < 1.29 is 19.4 Å². The highest BCUT2D eigenvalue weighted by atomic mass is 16.5. The normalized spacial score (nSPS) is 11.5. The number of aromatic hydroxyl groups is 1. The van der Waals surface area contributed by atoms with Gasteiger partial charge in [-0.3, -0.25) is 4.79 Å². The van der Waals surface area contributed by atoms with Crippen LogP contribution in [0.2, 0.25) is 0 Å². The molecule has 2 aromatic rings. The van der Waals surface area contributed by atoms with E-state index in [1.54, 1.807) is 55.5 Å². The van der Waals surface area contributed by atoms with Crippen LogP contribution >= 0.6 is 0 Å². The molecule has 2 aromatic carbocycles. The predicted octanol–water partition coefficient (Wildman–Crippen LogP) is 2.30. The number of carbonyl (C=O) groups is 2. The molecule has 0 aliphatic rings. The van der Waals surface area contributed by atoms with E-state index >= 15 is 0 Å². The number of ether oxygens (including phenoxy) is 1. The van der Waals surface area contributed by atoms with Crippen molar-refractivity contribution in [2.24, 2.45) is 0 Å². The standard InChI is InChI=1S/C18H19NO4/c1-2-23-18(22)16(12-13-7-6-10-15(20)11-13)19-17(21)14-8-4-3-5-9-14/h3-11,16,20H,2,12H2,1H3,(H,19,21). The van der Waals surface area contributed by atoms with Crippen LogP contribution in [0.3, 0.4) is 0 Å². The highest BCUT2D eigenvalue weighted by molar-refractivity contribution is 5.96. The molecule has 5 heteroatoms. The number of carbonyl (C=O) groups excluding carboxylic acids is 2. The second kappa shape index (κ2) is 7.98. The van der Waals surface area contributed by atoms with Gasteiger partial charge in [-0.05, 0) is 36.8 Å². The quantitative estimate of drug-likeness (QED) is 0.802. The maximum atomic E-state index is 12.3. The zero-order valence-electron chi connectivity index (χ0n) is 12.9. The summed E-state index contributed by atoms with van der Waals surface area (Å²) in [6, 6.07) is 14.4. The molecule has 0 spiro atoms. The number of amides is 1. The van der Waals surface area contributed by atoms with E-state index in [4.69, 9.17) is 4.74 Å². The molecule has 0 aliphatic heterocycles. The van der Waals surface area contributed by atoms with E-state index in [0.29, 0.717) is 5.56 Å². The van der Waals surface area contributed by atoms with E-state index in [-0.39, 0.29) is 24.7 Å². The predicted molar refractivity (Wildman–Crippen MR) is 86.1 cm³/mol. The van der Waals surface area contributed by atoms with E-state index in [0.717, 1.165) is 5.56 Å². The Hall–Kier alpha value is -2.82. The van der Waals surface area contributed by atoms with Gasteiger partial charge in [0.25, 0.3) is 5.91 Å². The summed E-state index contributed by atoms with van der Waals surface area (Å²) in [6.45, 7) is 1.94. The SMILES string of the molecule is CCOC(=O)C(Cc1cccc(O)c1)NC(=O)c1ccccc1. The van der Waals surface area contributed by atoms with Gasteiger partial charge in [-0.2, -0.15) is 0 Å². The van der Waals surface area contributed by atoms with Crippen LogP contribution in [0, 0.1) is 0 Å². The van der Waals surface area contributed by atoms with Crippen molar-refractivity contribution in [1.82, 2.24) is 5.32 Å². The fraction of sp³-hybridized carbons (Fsp3) is 0.222. The molecule has 120 valence electrons. The van der Waals surface area contributed by atoms with E-state index in [9.17, 15) is 14.7 Å². The number of rotatable bonds is 6. The Balaban J connectivity index is 2.14. The molecule has 2 rings (SSSR count). The molecule has 2 N–H and O–H groups in total. The molecule has 23 heavy (non-hydrogen) atoms. The average molecular weight is 313 g/mol. The van der Waals surface area contributed by atoms with Gasteiger partial charge in [0.1, 0.15) is 11.8 Å². The van der Waals surface area contributed by atoms with Crippen molar-refractivity contribution in [2.45, 2.75) is 19.4 Å². The summed E-state index contributed by atoms with van der Waals surface area (Å²) < 4.78 is 5.03. The van der Waals surface area contributed by atoms with Crippen LogP contribution in [0.5, 0.6) is 5.75 Å². The molecule has 0 aromatic heterocycles. The molecule has 0 saturated carbocycles. The van der Waals surface area contributed by atoms with Gasteiger partial charge in [0, 0.05) is 12.0 Å². The number of phenols is 1. The Morgan fingerprint density at radius 3 is 2.52 bits per heavy atom. The molecule has 0 heterocycles. The molecule has 1 amide bonds. The topological polar surface area (TPSA) is 75.6 Å². The highest BCUT2D eigenvalue weighted by Gasteiger charge is 2.23. The lowest BCUT2D eigenvalue weighted by Crippen LogP contribution is -2.43. The van der Waals surface area contributed by atoms with E-state index in [1.165, 1.54) is 0 Å². The highest BCUT2D eigenvalue weighted by Crippen LogP contribution is 2.13. The first-order valence-corrected chi connectivity index (χ1v) is 7.40. The molecular formula is C18H19NO4. The minimum absolute atomic E-state index is 0.111. The molecule has 0 bridgehead atoms. The molecule has 0 radical (unpaired) electrons. The van der Waals surface area contributed by atoms with Crippen molar-refractivity contribution in [3.05, 3.63) is 65.7 Å². The second-order valence-corrected chi connectivity index (χ2v) is 5.02. The fourth-order valence-corrected chi connectivity index (χ4v) is 2.19. The Morgan fingerprint density at radius 1 is 1.13 bits per heavy atom. The maximum Gasteiger partial charge on any atom is 0.328 e. The van der Waals surface area contributed by atoms with Crippen LogP contribution < -0.4 is 5.32 Å². The maximum absolute atomic E-state index is 12.3. The van der Waals surface area contributed by atoms with Crippen molar-refractivity contribution in [3.63, 3.8) is 0 Å². The molecule has 0 fully saturated rings. The summed E-state index contributed by atoms with van der Waals surface area (Å²) in [5, 5.41) is 12.2. The monoisotopic (exact) mass is 313 g/mol. The number of hydrogen-bond acceptors (Lipinski definition) is 4. The molecule has 0 saturated heterocycles. The lowest BCUT2D eigenvalue weighted by Gasteiger charge is -2.17. The summed E-state index contributed by atoms with van der Waals surface area (Å²) in [5.74, 6) is -0.733. The third-order valence-electron chi connectivity index (χ3n) is 3.26. The van der Waals surface area contributed by atoms with Gasteiger partial charge in [0.15, 0.2) is 0 Å². The minimum atomic E-state index is -0.815. The van der Waals surface area contributed by atoms with E-state index < -0.39 is 12.0 Å². The summed E-state index contributed by atoms with van der Waals surface area (Å²) >= 11 is 0. The van der Waals surface area contributed by atoms with Crippen molar-refractivity contribution in [1.29, 1.82) is 0 Å². The first-order chi connectivity index (χ1) is 11.1. The number of esters is 1. The van der Waals surface area contributed by atoms with Gasteiger partial charge >= 0.3 is 5.97 Å². The van der Waals surface area contributed by atoms with Crippen LogP contribution in [-0.2, 0) is 16.0 Å². The van der Waals surface area contributed by atoms with Gasteiger partial charge in [0.2, 0.25) is 0 Å². The van der Waals surface area contributed by atoms with E-state index in [2.05, 4.69) is 5.32 Å². The molecule has 5 nitrogen and oxygen atoms in total. The zero-order valence-corrected chi connectivity index (χ0v) is 12.9. The van der Waals surface area contributed by atoms with Gasteiger partial charge in [-0.15, -0.1) is 0 Å². The summed E-state index contributed by atoms with van der Waals surface area (Å²) in [6.07, 6.45) is 0.242. The van der Waals surface area contributed by atoms with Crippen LogP contribution in [0.15, 0.2) is 54.6 Å². The first kappa shape index (κ1) is 16.5. The van der Waals surface area contributed by atoms with E-state index in [1.807, 2.05) is 6.07 Å². The average Bonchev–Trinajstić information content (AvgIpc) is 2.55.